The van der Waals surface area contributed by atoms with Gasteiger partial charge in [-0.15, -0.1) is 0 Å². The van der Waals surface area contributed by atoms with E-state index in [1.54, 1.807) is 6.07 Å². The van der Waals surface area contributed by atoms with E-state index >= 15 is 0 Å². The first-order chi connectivity index (χ1) is 15.4. The monoisotopic (exact) mass is 435 g/mol. The van der Waals surface area contributed by atoms with Crippen LogP contribution in [0.4, 0.5) is 14.7 Å². The Labute approximate surface area is 184 Å². The predicted molar refractivity (Wildman–Crippen MR) is 116 cm³/mol. The van der Waals surface area contributed by atoms with Crippen LogP contribution in [-0.4, -0.2) is 46.4 Å². The van der Waals surface area contributed by atoms with Crippen LogP contribution in [0.1, 0.15) is 21.7 Å². The minimum Gasteiger partial charge on any atom is -0.340 e. The first kappa shape index (κ1) is 20.6. The summed E-state index contributed by atoms with van der Waals surface area (Å²) in [5.41, 5.74) is 1.70. The standard InChI is InChI=1S/C24H23F2N5O/c1-13-9-14(2)30-24(29-13)31-11-15-10-28-21(17(15)12-31)23(32)16-5-3-6-18(25)20(16)22-19(26)7-4-8-27-22/h3-9,15,17,21,28H,10-12H2,1-2H3. The molecule has 3 atom stereocenters. The van der Waals surface area contributed by atoms with Crippen LogP contribution in [0.25, 0.3) is 11.3 Å². The molecule has 5 rings (SSSR count). The third kappa shape index (κ3) is 3.54. The number of aromatic nitrogens is 3. The summed E-state index contributed by atoms with van der Waals surface area (Å²) >= 11 is 0. The molecule has 0 saturated carbocycles. The molecule has 32 heavy (non-hydrogen) atoms. The third-order valence-corrected chi connectivity index (χ3v) is 6.33. The molecule has 8 heteroatoms. The van der Waals surface area contributed by atoms with Gasteiger partial charge in [0.15, 0.2) is 5.78 Å². The summed E-state index contributed by atoms with van der Waals surface area (Å²) in [5, 5.41) is 3.31. The van der Waals surface area contributed by atoms with E-state index in [9.17, 15) is 13.6 Å². The van der Waals surface area contributed by atoms with Crippen LogP contribution in [0.5, 0.6) is 0 Å². The number of anilines is 1. The Bertz CT molecular complexity index is 1180. The van der Waals surface area contributed by atoms with Crippen molar-refractivity contribution in [2.75, 3.05) is 24.5 Å². The lowest BCUT2D eigenvalue weighted by atomic mass is 9.87. The van der Waals surface area contributed by atoms with Crippen LogP contribution in [-0.2, 0) is 0 Å². The van der Waals surface area contributed by atoms with Crippen molar-refractivity contribution in [3.63, 3.8) is 0 Å². The van der Waals surface area contributed by atoms with Crippen molar-refractivity contribution >= 4 is 11.7 Å². The van der Waals surface area contributed by atoms with Gasteiger partial charge in [-0.3, -0.25) is 9.78 Å². The number of aryl methyl sites for hydroxylation is 2. The zero-order valence-corrected chi connectivity index (χ0v) is 17.8. The van der Waals surface area contributed by atoms with Gasteiger partial charge in [-0.1, -0.05) is 12.1 Å². The van der Waals surface area contributed by atoms with E-state index in [4.69, 9.17) is 0 Å². The molecule has 2 fully saturated rings. The van der Waals surface area contributed by atoms with Crippen molar-refractivity contribution in [2.24, 2.45) is 11.8 Å². The van der Waals surface area contributed by atoms with Gasteiger partial charge in [-0.25, -0.2) is 18.7 Å². The molecule has 0 spiro atoms. The number of fused-ring (bicyclic) bond motifs is 1. The van der Waals surface area contributed by atoms with E-state index in [1.165, 1.54) is 30.5 Å². The fourth-order valence-corrected chi connectivity index (χ4v) is 4.93. The molecule has 0 amide bonds. The molecule has 3 unspecified atom stereocenters. The highest BCUT2D eigenvalue weighted by molar-refractivity contribution is 6.05. The molecule has 2 aliphatic rings. The number of rotatable bonds is 4. The number of benzene rings is 1. The quantitative estimate of drug-likeness (QED) is 0.634. The Morgan fingerprint density at radius 3 is 2.56 bits per heavy atom. The van der Waals surface area contributed by atoms with Crippen LogP contribution in [0.2, 0.25) is 0 Å². The average molecular weight is 435 g/mol. The van der Waals surface area contributed by atoms with Gasteiger partial charge in [0.2, 0.25) is 5.95 Å². The highest BCUT2D eigenvalue weighted by Gasteiger charge is 2.46. The summed E-state index contributed by atoms with van der Waals surface area (Å²) in [6.45, 7) is 5.91. The van der Waals surface area contributed by atoms with Gasteiger partial charge >= 0.3 is 0 Å². The fraction of sp³-hybridized carbons (Fsp3) is 0.333. The highest BCUT2D eigenvalue weighted by Crippen LogP contribution is 2.36. The predicted octanol–water partition coefficient (Wildman–Crippen LogP) is 3.34. The maximum Gasteiger partial charge on any atom is 0.225 e. The van der Waals surface area contributed by atoms with Gasteiger partial charge in [-0.05, 0) is 44.0 Å². The van der Waals surface area contributed by atoms with Crippen molar-refractivity contribution in [3.05, 3.63) is 71.2 Å². The number of nitrogens with one attached hydrogen (secondary N) is 1. The van der Waals surface area contributed by atoms with Crippen LogP contribution < -0.4 is 10.2 Å². The summed E-state index contributed by atoms with van der Waals surface area (Å²) in [4.78, 5) is 28.8. The van der Waals surface area contributed by atoms with Crippen molar-refractivity contribution in [1.82, 2.24) is 20.3 Å². The van der Waals surface area contributed by atoms with Gasteiger partial charge in [0.1, 0.15) is 17.3 Å². The first-order valence-electron chi connectivity index (χ1n) is 10.7. The molecule has 0 radical (unpaired) electrons. The SMILES string of the molecule is Cc1cc(C)nc(N2CC3CNC(C(=O)c4cccc(F)c4-c4ncccc4F)C3C2)n1. The molecule has 6 nitrogen and oxygen atoms in total. The molecule has 0 aliphatic carbocycles. The first-order valence-corrected chi connectivity index (χ1v) is 10.7. The lowest BCUT2D eigenvalue weighted by Crippen LogP contribution is -2.39. The number of halogens is 2. The third-order valence-electron chi connectivity index (χ3n) is 6.33. The Morgan fingerprint density at radius 1 is 1.06 bits per heavy atom. The normalized spacial score (nSPS) is 22.2. The summed E-state index contributed by atoms with van der Waals surface area (Å²) in [5.74, 6) is -0.637. The second-order valence-corrected chi connectivity index (χ2v) is 8.53. The smallest absolute Gasteiger partial charge is 0.225 e. The van der Waals surface area contributed by atoms with Crippen molar-refractivity contribution in [2.45, 2.75) is 19.9 Å². The number of ketones is 1. The fourth-order valence-electron chi connectivity index (χ4n) is 4.93. The summed E-state index contributed by atoms with van der Waals surface area (Å²) in [7, 11) is 0. The van der Waals surface area contributed by atoms with Gasteiger partial charge < -0.3 is 10.2 Å². The molecule has 1 N–H and O–H groups in total. The van der Waals surface area contributed by atoms with Crippen LogP contribution >= 0.6 is 0 Å². The molecule has 2 saturated heterocycles. The number of hydrogen-bond acceptors (Lipinski definition) is 6. The lowest BCUT2D eigenvalue weighted by Gasteiger charge is -2.22. The molecule has 2 aliphatic heterocycles. The number of hydrogen-bond donors (Lipinski definition) is 1. The molecular weight excluding hydrogens is 412 g/mol. The van der Waals surface area contributed by atoms with E-state index in [-0.39, 0.29) is 34.4 Å². The van der Waals surface area contributed by atoms with Crippen molar-refractivity contribution in [1.29, 1.82) is 0 Å². The Hall–Kier alpha value is -3.26. The minimum absolute atomic E-state index is 0.0246. The number of Topliss-reactive ketones (excluding diaryl/α,β-unsaturated/α-hetero) is 1. The van der Waals surface area contributed by atoms with E-state index in [1.807, 2.05) is 19.9 Å². The second-order valence-electron chi connectivity index (χ2n) is 8.53. The summed E-state index contributed by atoms with van der Waals surface area (Å²) < 4.78 is 29.2. The van der Waals surface area contributed by atoms with Gasteiger partial charge in [-0.2, -0.15) is 0 Å². The van der Waals surface area contributed by atoms with Gasteiger partial charge in [0, 0.05) is 54.3 Å². The van der Waals surface area contributed by atoms with E-state index in [2.05, 4.69) is 25.2 Å². The Kier molecular flexibility index (Phi) is 5.17. The van der Waals surface area contributed by atoms with Crippen molar-refractivity contribution in [3.8, 4) is 11.3 Å². The van der Waals surface area contributed by atoms with Crippen molar-refractivity contribution < 1.29 is 13.6 Å². The molecule has 1 aromatic carbocycles. The van der Waals surface area contributed by atoms with Gasteiger partial charge in [0.25, 0.3) is 0 Å². The Balaban J connectivity index is 1.45. The molecule has 4 heterocycles. The number of nitrogens with zero attached hydrogens (tertiary/aromatic N) is 4. The lowest BCUT2D eigenvalue weighted by molar-refractivity contribution is 0.0931. The largest absolute Gasteiger partial charge is 0.340 e. The molecule has 164 valence electrons. The van der Waals surface area contributed by atoms with Gasteiger partial charge in [0.05, 0.1) is 6.04 Å². The van der Waals surface area contributed by atoms with E-state index in [0.29, 0.717) is 19.0 Å². The number of carbonyl (C=O) groups is 1. The molecular formula is C24H23F2N5O. The maximum atomic E-state index is 14.8. The zero-order chi connectivity index (χ0) is 22.4. The maximum absolute atomic E-state index is 14.8. The Morgan fingerprint density at radius 2 is 1.81 bits per heavy atom. The zero-order valence-electron chi connectivity index (χ0n) is 17.8. The summed E-state index contributed by atoms with van der Waals surface area (Å²) in [6.07, 6.45) is 1.39. The molecule has 2 aromatic heterocycles. The second kappa shape index (κ2) is 8.02. The average Bonchev–Trinajstić information content (AvgIpc) is 3.34. The van der Waals surface area contributed by atoms with Crippen LogP contribution in [0, 0.1) is 37.3 Å². The molecule has 3 aromatic rings. The number of carbonyl (C=O) groups excluding carboxylic acids is 1. The minimum atomic E-state index is -0.667. The van der Waals surface area contributed by atoms with Crippen LogP contribution in [0.3, 0.4) is 0 Å². The van der Waals surface area contributed by atoms with Crippen LogP contribution in [0.15, 0.2) is 42.6 Å². The highest BCUT2D eigenvalue weighted by atomic mass is 19.1. The van der Waals surface area contributed by atoms with E-state index < -0.39 is 17.7 Å². The topological polar surface area (TPSA) is 71.0 Å². The van der Waals surface area contributed by atoms with E-state index in [0.717, 1.165) is 17.9 Å². The number of pyridine rings is 1. The summed E-state index contributed by atoms with van der Waals surface area (Å²) in [6, 6.07) is 8.32. The molecule has 0 bridgehead atoms.